The van der Waals surface area contributed by atoms with Gasteiger partial charge in [0, 0.05) is 11.6 Å². The second-order valence-electron chi connectivity index (χ2n) is 1.56. The van der Waals surface area contributed by atoms with Crippen LogP contribution in [0.5, 0.6) is 0 Å². The molecule has 3 nitrogen and oxygen atoms in total. The molecule has 0 bridgehead atoms. The van der Waals surface area contributed by atoms with Crippen LogP contribution in [0, 0.1) is 0 Å². The Morgan fingerprint density at radius 1 is 1.64 bits per heavy atom. The smallest absolute Gasteiger partial charge is 0.157 e. The van der Waals surface area contributed by atoms with E-state index in [9.17, 15) is 0 Å². The van der Waals surface area contributed by atoms with Crippen LogP contribution in [-0.2, 0) is 0 Å². The predicted molar refractivity (Wildman–Crippen MR) is 47.5 cm³/mol. The first-order valence-electron chi connectivity index (χ1n) is 3.59. The molecule has 1 heterocycles. The van der Waals surface area contributed by atoms with Crippen molar-refractivity contribution in [3.8, 4) is 0 Å². The van der Waals surface area contributed by atoms with E-state index in [1.807, 2.05) is 19.2 Å². The predicted octanol–water partition coefficient (Wildman–Crippen LogP) is 1.38. The maximum absolute atomic E-state index is 9.05. The number of aromatic nitrogens is 1. The third kappa shape index (κ3) is 3.46. The molecular formula is C7H14N2OS. The average molecular weight is 174 g/mol. The molecule has 0 aromatic carbocycles. The molecule has 1 unspecified atom stereocenters. The zero-order chi connectivity index (χ0) is 8.69. The number of nitrogens with zero attached hydrogens (tertiary/aromatic N) is 1. The lowest BCUT2D eigenvalue weighted by atomic mass is 10.6. The molecule has 0 saturated carbocycles. The Labute approximate surface area is 71.1 Å². The van der Waals surface area contributed by atoms with Gasteiger partial charge in [0.1, 0.15) is 5.01 Å². The molecule has 1 aromatic rings. The monoisotopic (exact) mass is 174 g/mol. The fourth-order valence-corrected chi connectivity index (χ4v) is 1.12. The van der Waals surface area contributed by atoms with Crippen molar-refractivity contribution < 1.29 is 5.11 Å². The van der Waals surface area contributed by atoms with E-state index >= 15 is 0 Å². The van der Waals surface area contributed by atoms with Crippen LogP contribution < -0.4 is 5.32 Å². The van der Waals surface area contributed by atoms with Crippen LogP contribution in [0.3, 0.4) is 0 Å². The van der Waals surface area contributed by atoms with Crippen molar-refractivity contribution >= 4 is 11.3 Å². The molecular weight excluding hydrogens is 160 g/mol. The minimum absolute atomic E-state index is 0.606. The summed E-state index contributed by atoms with van der Waals surface area (Å²) in [4.78, 5) is 3.89. The van der Waals surface area contributed by atoms with Gasteiger partial charge in [0.25, 0.3) is 0 Å². The molecule has 0 fully saturated rings. The molecule has 0 radical (unpaired) electrons. The van der Waals surface area contributed by atoms with E-state index in [2.05, 4.69) is 10.3 Å². The average Bonchev–Trinajstić information content (AvgIpc) is 2.59. The molecule has 2 N–H and O–H groups in total. The van der Waals surface area contributed by atoms with E-state index in [1.165, 1.54) is 11.3 Å². The Morgan fingerprint density at radius 3 is 2.64 bits per heavy atom. The SMILES string of the molecule is CC.CNC(O)c1nccs1. The van der Waals surface area contributed by atoms with Crippen molar-refractivity contribution in [2.24, 2.45) is 0 Å². The lowest BCUT2D eigenvalue weighted by Crippen LogP contribution is -2.14. The van der Waals surface area contributed by atoms with Crippen molar-refractivity contribution in [1.82, 2.24) is 10.3 Å². The molecule has 4 heteroatoms. The summed E-state index contributed by atoms with van der Waals surface area (Å²) in [6.45, 7) is 4.00. The van der Waals surface area contributed by atoms with Gasteiger partial charge < -0.3 is 5.11 Å². The third-order valence-electron chi connectivity index (χ3n) is 0.959. The normalized spacial score (nSPS) is 11.6. The summed E-state index contributed by atoms with van der Waals surface area (Å²) in [5.41, 5.74) is 0. The molecule has 0 saturated heterocycles. The summed E-state index contributed by atoms with van der Waals surface area (Å²) < 4.78 is 0. The van der Waals surface area contributed by atoms with Crippen molar-refractivity contribution in [3.05, 3.63) is 16.6 Å². The number of hydrogen-bond donors (Lipinski definition) is 2. The van der Waals surface area contributed by atoms with Gasteiger partial charge in [0.15, 0.2) is 6.23 Å². The summed E-state index contributed by atoms with van der Waals surface area (Å²) in [5.74, 6) is 0. The highest BCUT2D eigenvalue weighted by molar-refractivity contribution is 7.09. The first kappa shape index (κ1) is 10.6. The van der Waals surface area contributed by atoms with Gasteiger partial charge in [-0.25, -0.2) is 4.98 Å². The molecule has 1 atom stereocenters. The van der Waals surface area contributed by atoms with E-state index in [-0.39, 0.29) is 0 Å². The molecule has 0 spiro atoms. The lowest BCUT2D eigenvalue weighted by Gasteiger charge is -2.02. The van der Waals surface area contributed by atoms with Crippen LogP contribution >= 0.6 is 11.3 Å². The van der Waals surface area contributed by atoms with Crippen LogP contribution in [0.15, 0.2) is 11.6 Å². The lowest BCUT2D eigenvalue weighted by molar-refractivity contribution is 0.149. The number of aliphatic hydroxyl groups is 1. The maximum atomic E-state index is 9.05. The first-order valence-corrected chi connectivity index (χ1v) is 4.47. The molecule has 0 aliphatic carbocycles. The summed E-state index contributed by atoms with van der Waals surface area (Å²) in [7, 11) is 1.69. The highest BCUT2D eigenvalue weighted by atomic mass is 32.1. The van der Waals surface area contributed by atoms with Crippen LogP contribution in [0.4, 0.5) is 0 Å². The molecule has 11 heavy (non-hydrogen) atoms. The van der Waals surface area contributed by atoms with Crippen molar-refractivity contribution in [3.63, 3.8) is 0 Å². The van der Waals surface area contributed by atoms with Gasteiger partial charge in [-0.1, -0.05) is 13.8 Å². The molecule has 0 aliphatic rings. The molecule has 1 rings (SSSR count). The van der Waals surface area contributed by atoms with Crippen LogP contribution in [-0.4, -0.2) is 17.1 Å². The Hall–Kier alpha value is -0.450. The topological polar surface area (TPSA) is 45.1 Å². The van der Waals surface area contributed by atoms with Gasteiger partial charge in [-0.3, -0.25) is 5.32 Å². The maximum Gasteiger partial charge on any atom is 0.157 e. The van der Waals surface area contributed by atoms with Crippen LogP contribution in [0.25, 0.3) is 0 Å². The second kappa shape index (κ2) is 6.27. The standard InChI is InChI=1S/C5H8N2OS.C2H6/c1-6-4(8)5-7-2-3-9-5;1-2/h2-4,6,8H,1H3;1-2H3. The Kier molecular flexibility index (Phi) is 6.02. The summed E-state index contributed by atoms with van der Waals surface area (Å²) in [5, 5.41) is 14.3. The number of aliphatic hydroxyl groups excluding tert-OH is 1. The fraction of sp³-hybridized carbons (Fsp3) is 0.571. The number of nitrogens with one attached hydrogen (secondary N) is 1. The quantitative estimate of drug-likeness (QED) is 0.666. The third-order valence-corrected chi connectivity index (χ3v) is 1.79. The van der Waals surface area contributed by atoms with Crippen LogP contribution in [0.1, 0.15) is 25.1 Å². The van der Waals surface area contributed by atoms with E-state index in [0.717, 1.165) is 0 Å². The number of thiazole rings is 1. The largest absolute Gasteiger partial charge is 0.372 e. The van der Waals surface area contributed by atoms with E-state index in [4.69, 9.17) is 5.11 Å². The first-order chi connectivity index (χ1) is 5.34. The Bertz CT molecular complexity index is 165. The Morgan fingerprint density at radius 2 is 2.27 bits per heavy atom. The van der Waals surface area contributed by atoms with Gasteiger partial charge in [0.2, 0.25) is 0 Å². The summed E-state index contributed by atoms with van der Waals surface area (Å²) in [6, 6.07) is 0. The van der Waals surface area contributed by atoms with E-state index in [0.29, 0.717) is 5.01 Å². The van der Waals surface area contributed by atoms with Gasteiger partial charge in [-0.2, -0.15) is 0 Å². The minimum Gasteiger partial charge on any atom is -0.372 e. The minimum atomic E-state index is -0.606. The van der Waals surface area contributed by atoms with Gasteiger partial charge in [-0.15, -0.1) is 11.3 Å². The molecule has 0 amide bonds. The zero-order valence-electron chi connectivity index (χ0n) is 7.03. The molecule has 64 valence electrons. The van der Waals surface area contributed by atoms with Crippen molar-refractivity contribution in [1.29, 1.82) is 0 Å². The van der Waals surface area contributed by atoms with Crippen molar-refractivity contribution in [2.45, 2.75) is 20.1 Å². The van der Waals surface area contributed by atoms with Crippen LogP contribution in [0.2, 0.25) is 0 Å². The molecule has 1 aromatic heterocycles. The highest BCUT2D eigenvalue weighted by Crippen LogP contribution is 2.10. The Balaban J connectivity index is 0.000000461. The summed E-state index contributed by atoms with van der Waals surface area (Å²) >= 11 is 1.43. The number of rotatable bonds is 2. The van der Waals surface area contributed by atoms with Crippen molar-refractivity contribution in [2.75, 3.05) is 7.05 Å². The summed E-state index contributed by atoms with van der Waals surface area (Å²) in [6.07, 6.45) is 1.06. The highest BCUT2D eigenvalue weighted by Gasteiger charge is 2.04. The second-order valence-corrected chi connectivity index (χ2v) is 2.49. The number of hydrogen-bond acceptors (Lipinski definition) is 4. The van der Waals surface area contributed by atoms with E-state index < -0.39 is 6.23 Å². The zero-order valence-corrected chi connectivity index (χ0v) is 7.85. The fourth-order valence-electron chi connectivity index (χ4n) is 0.493. The van der Waals surface area contributed by atoms with Gasteiger partial charge >= 0.3 is 0 Å². The van der Waals surface area contributed by atoms with Gasteiger partial charge in [-0.05, 0) is 7.05 Å². The molecule has 0 aliphatic heterocycles. The van der Waals surface area contributed by atoms with Gasteiger partial charge in [0.05, 0.1) is 0 Å². The van der Waals surface area contributed by atoms with E-state index in [1.54, 1.807) is 13.2 Å².